The lowest BCUT2D eigenvalue weighted by Crippen LogP contribution is -2.44. The quantitative estimate of drug-likeness (QED) is 0.754. The normalized spacial score (nSPS) is 18.2. The van der Waals surface area contributed by atoms with Crippen LogP contribution in [0.4, 0.5) is 10.5 Å². The lowest BCUT2D eigenvalue weighted by Gasteiger charge is -2.19. The van der Waals surface area contributed by atoms with E-state index in [2.05, 4.69) is 10.6 Å². The highest BCUT2D eigenvalue weighted by Gasteiger charge is 2.52. The van der Waals surface area contributed by atoms with Gasteiger partial charge in [-0.3, -0.25) is 14.5 Å². The van der Waals surface area contributed by atoms with E-state index in [1.54, 1.807) is 18.2 Å². The molecule has 1 saturated carbocycles. The summed E-state index contributed by atoms with van der Waals surface area (Å²) >= 11 is 0. The van der Waals surface area contributed by atoms with E-state index in [4.69, 9.17) is 9.47 Å². The molecule has 8 heteroatoms. The number of hydrogen-bond acceptors (Lipinski definition) is 5. The third-order valence-electron chi connectivity index (χ3n) is 4.75. The highest BCUT2D eigenvalue weighted by atomic mass is 16.5. The lowest BCUT2D eigenvalue weighted by atomic mass is 9.98. The second-order valence-electron chi connectivity index (χ2n) is 6.46. The molecular formula is C18H23N3O5. The van der Waals surface area contributed by atoms with Gasteiger partial charge in [-0.25, -0.2) is 4.79 Å². The SMILES string of the molecule is CCOc1ccc(NC(=O)CN2C(=O)NC3(CCCC3)C2=O)cc1OC. The number of urea groups is 1. The Hall–Kier alpha value is -2.77. The Labute approximate surface area is 151 Å². The number of carbonyl (C=O) groups is 3. The van der Waals surface area contributed by atoms with Gasteiger partial charge in [0.05, 0.1) is 13.7 Å². The molecule has 1 heterocycles. The van der Waals surface area contributed by atoms with Crippen molar-refractivity contribution in [1.29, 1.82) is 0 Å². The Balaban J connectivity index is 1.66. The summed E-state index contributed by atoms with van der Waals surface area (Å²) in [7, 11) is 1.51. The van der Waals surface area contributed by atoms with Crippen molar-refractivity contribution in [1.82, 2.24) is 10.2 Å². The van der Waals surface area contributed by atoms with Gasteiger partial charge in [0.15, 0.2) is 11.5 Å². The van der Waals surface area contributed by atoms with E-state index in [1.165, 1.54) is 7.11 Å². The molecule has 1 aromatic rings. The zero-order valence-electron chi connectivity index (χ0n) is 15.0. The number of nitrogens with one attached hydrogen (secondary N) is 2. The van der Waals surface area contributed by atoms with Gasteiger partial charge in [-0.15, -0.1) is 0 Å². The van der Waals surface area contributed by atoms with Crippen LogP contribution in [0.15, 0.2) is 18.2 Å². The Kier molecular flexibility index (Phi) is 5.01. The summed E-state index contributed by atoms with van der Waals surface area (Å²) in [6, 6.07) is 4.50. The van der Waals surface area contributed by atoms with Gasteiger partial charge in [-0.05, 0) is 31.9 Å². The third kappa shape index (κ3) is 3.31. The number of hydrogen-bond donors (Lipinski definition) is 2. The predicted molar refractivity (Wildman–Crippen MR) is 94.2 cm³/mol. The smallest absolute Gasteiger partial charge is 0.325 e. The minimum Gasteiger partial charge on any atom is -0.493 e. The molecule has 1 aliphatic heterocycles. The molecule has 2 N–H and O–H groups in total. The minimum absolute atomic E-state index is 0.306. The first-order chi connectivity index (χ1) is 12.5. The first kappa shape index (κ1) is 18.0. The molecule has 140 valence electrons. The number of imide groups is 1. The predicted octanol–water partition coefficient (Wildman–Crippen LogP) is 1.90. The summed E-state index contributed by atoms with van der Waals surface area (Å²) in [5.41, 5.74) is -0.308. The Bertz CT molecular complexity index is 728. The van der Waals surface area contributed by atoms with Gasteiger partial charge >= 0.3 is 6.03 Å². The maximum absolute atomic E-state index is 12.6. The minimum atomic E-state index is -0.806. The van der Waals surface area contributed by atoms with Crippen LogP contribution in [-0.2, 0) is 9.59 Å². The van der Waals surface area contributed by atoms with Gasteiger partial charge in [0.25, 0.3) is 5.91 Å². The van der Waals surface area contributed by atoms with Gasteiger partial charge in [-0.2, -0.15) is 0 Å². The highest BCUT2D eigenvalue weighted by Crippen LogP contribution is 2.35. The summed E-state index contributed by atoms with van der Waals surface area (Å²) in [5, 5.41) is 5.44. The molecule has 8 nitrogen and oxygen atoms in total. The van der Waals surface area contributed by atoms with Gasteiger partial charge in [0.1, 0.15) is 12.1 Å². The van der Waals surface area contributed by atoms with Crippen LogP contribution in [0.25, 0.3) is 0 Å². The summed E-state index contributed by atoms with van der Waals surface area (Å²) in [4.78, 5) is 38.0. The standard InChI is InChI=1S/C18H23N3O5/c1-3-26-13-7-6-12(10-14(13)25-2)19-15(22)11-21-16(23)18(20-17(21)24)8-4-5-9-18/h6-7,10H,3-5,8-9,11H2,1-2H3,(H,19,22)(H,20,24). The number of methoxy groups -OCH3 is 1. The molecule has 0 bridgehead atoms. The van der Waals surface area contributed by atoms with Crippen molar-refractivity contribution in [2.45, 2.75) is 38.1 Å². The van der Waals surface area contributed by atoms with E-state index in [-0.39, 0.29) is 12.5 Å². The van der Waals surface area contributed by atoms with Crippen molar-refractivity contribution >= 4 is 23.5 Å². The van der Waals surface area contributed by atoms with Crippen LogP contribution in [0.5, 0.6) is 11.5 Å². The molecule has 1 spiro atoms. The molecule has 0 unspecified atom stereocenters. The Morgan fingerprint density at radius 1 is 1.27 bits per heavy atom. The molecule has 0 radical (unpaired) electrons. The first-order valence-corrected chi connectivity index (χ1v) is 8.74. The van der Waals surface area contributed by atoms with Crippen LogP contribution in [0, 0.1) is 0 Å². The van der Waals surface area contributed by atoms with Crippen LogP contribution in [0.3, 0.4) is 0 Å². The number of nitrogens with zero attached hydrogens (tertiary/aromatic N) is 1. The van der Waals surface area contributed by atoms with Crippen LogP contribution in [0.1, 0.15) is 32.6 Å². The van der Waals surface area contributed by atoms with Gasteiger partial charge in [0.2, 0.25) is 5.91 Å². The topological polar surface area (TPSA) is 97.0 Å². The zero-order chi connectivity index (χ0) is 18.7. The zero-order valence-corrected chi connectivity index (χ0v) is 15.0. The van der Waals surface area contributed by atoms with Crippen molar-refractivity contribution in [3.8, 4) is 11.5 Å². The van der Waals surface area contributed by atoms with Crippen LogP contribution in [-0.4, -0.2) is 48.5 Å². The number of rotatable bonds is 6. The average Bonchev–Trinajstić information content (AvgIpc) is 3.17. The molecular weight excluding hydrogens is 338 g/mol. The van der Waals surface area contributed by atoms with Crippen LogP contribution in [0.2, 0.25) is 0 Å². The number of anilines is 1. The lowest BCUT2D eigenvalue weighted by molar-refractivity contribution is -0.133. The maximum atomic E-state index is 12.6. The number of benzene rings is 1. The van der Waals surface area contributed by atoms with E-state index in [0.717, 1.165) is 17.7 Å². The fourth-order valence-corrected chi connectivity index (χ4v) is 3.50. The molecule has 1 aromatic carbocycles. The second-order valence-corrected chi connectivity index (χ2v) is 6.46. The molecule has 0 atom stereocenters. The second kappa shape index (κ2) is 7.23. The monoisotopic (exact) mass is 361 g/mol. The van der Waals surface area contributed by atoms with E-state index in [1.807, 2.05) is 6.92 Å². The molecule has 1 aliphatic carbocycles. The number of amides is 4. The van der Waals surface area contributed by atoms with Gasteiger partial charge in [0, 0.05) is 11.8 Å². The van der Waals surface area contributed by atoms with Crippen LogP contribution >= 0.6 is 0 Å². The molecule has 26 heavy (non-hydrogen) atoms. The van der Waals surface area contributed by atoms with Crippen molar-refractivity contribution in [2.75, 3.05) is 25.6 Å². The van der Waals surface area contributed by atoms with Crippen molar-refractivity contribution in [2.24, 2.45) is 0 Å². The molecule has 4 amide bonds. The highest BCUT2D eigenvalue weighted by molar-refractivity contribution is 6.10. The Morgan fingerprint density at radius 3 is 2.65 bits per heavy atom. The molecule has 0 aromatic heterocycles. The number of ether oxygens (including phenoxy) is 2. The summed E-state index contributed by atoms with van der Waals surface area (Å²) < 4.78 is 10.7. The molecule has 2 fully saturated rings. The average molecular weight is 361 g/mol. The molecule has 2 aliphatic rings. The summed E-state index contributed by atoms with van der Waals surface area (Å²) in [6.07, 6.45) is 3.06. The van der Waals surface area contributed by atoms with Crippen LogP contribution < -0.4 is 20.1 Å². The largest absolute Gasteiger partial charge is 0.493 e. The Morgan fingerprint density at radius 2 is 2.00 bits per heavy atom. The van der Waals surface area contributed by atoms with Crippen molar-refractivity contribution in [3.63, 3.8) is 0 Å². The molecule has 3 rings (SSSR count). The fraction of sp³-hybridized carbons (Fsp3) is 0.500. The van der Waals surface area contributed by atoms with Gasteiger partial charge in [-0.1, -0.05) is 12.8 Å². The summed E-state index contributed by atoms with van der Waals surface area (Å²) in [6.45, 7) is 2.04. The van der Waals surface area contributed by atoms with Crippen molar-refractivity contribution < 1.29 is 23.9 Å². The molecule has 1 saturated heterocycles. The van der Waals surface area contributed by atoms with E-state index in [9.17, 15) is 14.4 Å². The third-order valence-corrected chi connectivity index (χ3v) is 4.75. The van der Waals surface area contributed by atoms with E-state index >= 15 is 0 Å². The van der Waals surface area contributed by atoms with E-state index < -0.39 is 17.5 Å². The summed E-state index contributed by atoms with van der Waals surface area (Å²) in [5.74, 6) is 0.309. The first-order valence-electron chi connectivity index (χ1n) is 8.74. The number of carbonyl (C=O) groups excluding carboxylic acids is 3. The fourth-order valence-electron chi connectivity index (χ4n) is 3.50. The van der Waals surface area contributed by atoms with Crippen molar-refractivity contribution in [3.05, 3.63) is 18.2 Å². The van der Waals surface area contributed by atoms with E-state index in [0.29, 0.717) is 36.6 Å². The van der Waals surface area contributed by atoms with Gasteiger partial charge < -0.3 is 20.1 Å². The maximum Gasteiger partial charge on any atom is 0.325 e.